The maximum absolute atomic E-state index is 11.7. The number of carbonyl (C=O) groups is 1. The van der Waals surface area contributed by atoms with Crippen LogP contribution in [-0.2, 0) is 13.5 Å². The van der Waals surface area contributed by atoms with Gasteiger partial charge in [0, 0.05) is 7.05 Å². The summed E-state index contributed by atoms with van der Waals surface area (Å²) in [6.07, 6.45) is 3.14. The fraction of sp³-hybridized carbons (Fsp3) is 0.250. The molecule has 7 heteroatoms. The standard InChI is InChI=1S/C8H10N6O/c1-14-11-3-5(13-14)2-7(15)6-4-10-12-8(6)9/h3-4H,2H2,1H3,(H3,9,10,12). The zero-order valence-corrected chi connectivity index (χ0v) is 8.14. The molecular weight excluding hydrogens is 196 g/mol. The quantitative estimate of drug-likeness (QED) is 0.662. The van der Waals surface area contributed by atoms with Crippen LogP contribution < -0.4 is 5.73 Å². The number of nitrogens with zero attached hydrogens (tertiary/aromatic N) is 4. The second kappa shape index (κ2) is 3.52. The van der Waals surface area contributed by atoms with E-state index >= 15 is 0 Å². The minimum Gasteiger partial charge on any atom is -0.383 e. The molecule has 0 spiro atoms. The van der Waals surface area contributed by atoms with Gasteiger partial charge in [0.25, 0.3) is 0 Å². The molecule has 0 saturated heterocycles. The number of aryl methyl sites for hydroxylation is 1. The van der Waals surface area contributed by atoms with Gasteiger partial charge in [-0.2, -0.15) is 20.1 Å². The van der Waals surface area contributed by atoms with Crippen molar-refractivity contribution in [2.75, 3.05) is 5.73 Å². The minimum absolute atomic E-state index is 0.123. The highest BCUT2D eigenvalue weighted by Gasteiger charge is 2.13. The second-order valence-corrected chi connectivity index (χ2v) is 3.12. The van der Waals surface area contributed by atoms with Crippen molar-refractivity contribution in [3.05, 3.63) is 23.7 Å². The number of rotatable bonds is 3. The largest absolute Gasteiger partial charge is 0.383 e. The van der Waals surface area contributed by atoms with Crippen molar-refractivity contribution in [3.8, 4) is 0 Å². The first-order chi connectivity index (χ1) is 7.16. The number of aromatic amines is 1. The van der Waals surface area contributed by atoms with Gasteiger partial charge in [-0.25, -0.2) is 0 Å². The Balaban J connectivity index is 2.14. The van der Waals surface area contributed by atoms with Gasteiger partial charge in [-0.3, -0.25) is 9.89 Å². The number of hydrogen-bond donors (Lipinski definition) is 2. The number of carbonyl (C=O) groups excluding carboxylic acids is 1. The molecule has 2 aromatic heterocycles. The van der Waals surface area contributed by atoms with E-state index in [0.29, 0.717) is 11.3 Å². The molecule has 3 N–H and O–H groups in total. The number of anilines is 1. The molecule has 0 aliphatic heterocycles. The Morgan fingerprint density at radius 1 is 1.60 bits per heavy atom. The fourth-order valence-corrected chi connectivity index (χ4v) is 1.25. The summed E-state index contributed by atoms with van der Waals surface area (Å²) in [6.45, 7) is 0. The molecule has 2 aromatic rings. The third-order valence-corrected chi connectivity index (χ3v) is 1.96. The number of Topliss-reactive ketones (excluding diaryl/α,β-unsaturated/α-hetero) is 1. The number of ketones is 1. The number of H-pyrrole nitrogens is 1. The lowest BCUT2D eigenvalue weighted by molar-refractivity contribution is 0.0992. The number of nitrogens with one attached hydrogen (secondary N) is 1. The molecule has 0 saturated carbocycles. The molecule has 0 aromatic carbocycles. The molecule has 7 nitrogen and oxygen atoms in total. The zero-order valence-electron chi connectivity index (χ0n) is 8.14. The average molecular weight is 206 g/mol. The third kappa shape index (κ3) is 1.85. The van der Waals surface area contributed by atoms with Crippen LogP contribution in [0.3, 0.4) is 0 Å². The molecule has 2 heterocycles. The summed E-state index contributed by atoms with van der Waals surface area (Å²) < 4.78 is 0. The molecule has 0 fully saturated rings. The number of hydrogen-bond acceptors (Lipinski definition) is 5. The summed E-state index contributed by atoms with van der Waals surface area (Å²) in [5.74, 6) is 0.158. The fourth-order valence-electron chi connectivity index (χ4n) is 1.25. The number of nitrogen functional groups attached to an aromatic ring is 1. The van der Waals surface area contributed by atoms with Gasteiger partial charge in [-0.1, -0.05) is 0 Å². The highest BCUT2D eigenvalue weighted by molar-refractivity contribution is 6.00. The van der Waals surface area contributed by atoms with Crippen molar-refractivity contribution in [3.63, 3.8) is 0 Å². The van der Waals surface area contributed by atoms with Crippen LogP contribution in [0.4, 0.5) is 5.82 Å². The molecular formula is C8H10N6O. The van der Waals surface area contributed by atoms with Gasteiger partial charge in [-0.15, -0.1) is 0 Å². The first kappa shape index (κ1) is 9.38. The minimum atomic E-state index is -0.123. The lowest BCUT2D eigenvalue weighted by atomic mass is 10.1. The lowest BCUT2D eigenvalue weighted by Gasteiger charge is -1.94. The van der Waals surface area contributed by atoms with E-state index in [1.807, 2.05) is 0 Å². The van der Waals surface area contributed by atoms with Crippen LogP contribution >= 0.6 is 0 Å². The average Bonchev–Trinajstić information content (AvgIpc) is 2.75. The maximum atomic E-state index is 11.7. The number of nitrogens with two attached hydrogens (primary N) is 1. The lowest BCUT2D eigenvalue weighted by Crippen LogP contribution is -2.06. The van der Waals surface area contributed by atoms with E-state index in [4.69, 9.17) is 5.73 Å². The smallest absolute Gasteiger partial charge is 0.174 e. The predicted molar refractivity (Wildman–Crippen MR) is 52.0 cm³/mol. The monoisotopic (exact) mass is 206 g/mol. The van der Waals surface area contributed by atoms with Crippen molar-refractivity contribution >= 4 is 11.6 Å². The molecule has 0 amide bonds. The molecule has 78 valence electrons. The van der Waals surface area contributed by atoms with E-state index in [0.717, 1.165) is 0 Å². The Bertz CT molecular complexity index is 485. The molecule has 0 aliphatic carbocycles. The molecule has 0 radical (unpaired) electrons. The first-order valence-corrected chi connectivity index (χ1v) is 4.34. The predicted octanol–water partition coefficient (Wildman–Crippen LogP) is -0.454. The Kier molecular flexibility index (Phi) is 2.20. The van der Waals surface area contributed by atoms with Crippen LogP contribution in [0.1, 0.15) is 16.1 Å². The van der Waals surface area contributed by atoms with Crippen LogP contribution in [0.15, 0.2) is 12.4 Å². The summed E-state index contributed by atoms with van der Waals surface area (Å²) in [5, 5.41) is 14.1. The Morgan fingerprint density at radius 2 is 2.40 bits per heavy atom. The Labute approximate surface area is 85.3 Å². The zero-order chi connectivity index (χ0) is 10.8. The molecule has 0 bridgehead atoms. The van der Waals surface area contributed by atoms with E-state index in [9.17, 15) is 4.79 Å². The topological polar surface area (TPSA) is 102 Å². The van der Waals surface area contributed by atoms with Gasteiger partial charge < -0.3 is 5.73 Å². The van der Waals surface area contributed by atoms with E-state index in [2.05, 4.69) is 20.4 Å². The molecule has 0 aliphatic rings. The normalized spacial score (nSPS) is 10.5. The van der Waals surface area contributed by atoms with Crippen LogP contribution in [0, 0.1) is 0 Å². The summed E-state index contributed by atoms with van der Waals surface area (Å²) >= 11 is 0. The van der Waals surface area contributed by atoms with E-state index in [-0.39, 0.29) is 18.0 Å². The first-order valence-electron chi connectivity index (χ1n) is 4.34. The van der Waals surface area contributed by atoms with Crippen LogP contribution in [-0.4, -0.2) is 31.0 Å². The van der Waals surface area contributed by atoms with Gasteiger partial charge in [0.15, 0.2) is 5.78 Å². The Morgan fingerprint density at radius 3 is 2.93 bits per heavy atom. The highest BCUT2D eigenvalue weighted by atomic mass is 16.1. The van der Waals surface area contributed by atoms with Gasteiger partial charge in [0.2, 0.25) is 0 Å². The molecule has 0 atom stereocenters. The van der Waals surface area contributed by atoms with Gasteiger partial charge >= 0.3 is 0 Å². The summed E-state index contributed by atoms with van der Waals surface area (Å²) in [4.78, 5) is 13.1. The van der Waals surface area contributed by atoms with Crippen molar-refractivity contribution in [2.45, 2.75) is 6.42 Å². The van der Waals surface area contributed by atoms with Crippen molar-refractivity contribution in [1.82, 2.24) is 25.2 Å². The van der Waals surface area contributed by atoms with Crippen molar-refractivity contribution in [2.24, 2.45) is 7.05 Å². The maximum Gasteiger partial charge on any atom is 0.174 e. The second-order valence-electron chi connectivity index (χ2n) is 3.12. The van der Waals surface area contributed by atoms with Gasteiger partial charge in [0.05, 0.1) is 30.1 Å². The van der Waals surface area contributed by atoms with Gasteiger partial charge in [-0.05, 0) is 0 Å². The molecule has 15 heavy (non-hydrogen) atoms. The highest BCUT2D eigenvalue weighted by Crippen LogP contribution is 2.09. The van der Waals surface area contributed by atoms with Crippen molar-refractivity contribution in [1.29, 1.82) is 0 Å². The van der Waals surface area contributed by atoms with Crippen molar-refractivity contribution < 1.29 is 4.79 Å². The van der Waals surface area contributed by atoms with E-state index < -0.39 is 0 Å². The Hall–Kier alpha value is -2.18. The van der Waals surface area contributed by atoms with Crippen LogP contribution in [0.5, 0.6) is 0 Å². The summed E-state index contributed by atoms with van der Waals surface area (Å²) in [7, 11) is 1.69. The van der Waals surface area contributed by atoms with Crippen LogP contribution in [0.2, 0.25) is 0 Å². The molecule has 0 unspecified atom stereocenters. The number of aromatic nitrogens is 5. The summed E-state index contributed by atoms with van der Waals surface area (Å²) in [5.41, 5.74) is 6.52. The van der Waals surface area contributed by atoms with Gasteiger partial charge in [0.1, 0.15) is 5.82 Å². The van der Waals surface area contributed by atoms with Crippen LogP contribution in [0.25, 0.3) is 0 Å². The SMILES string of the molecule is Cn1ncc(CC(=O)c2cn[nH]c2N)n1. The van der Waals surface area contributed by atoms with E-state index in [1.54, 1.807) is 13.2 Å². The van der Waals surface area contributed by atoms with E-state index in [1.165, 1.54) is 11.0 Å². The molecule has 2 rings (SSSR count). The summed E-state index contributed by atoms with van der Waals surface area (Å²) in [6, 6.07) is 0. The third-order valence-electron chi connectivity index (χ3n) is 1.96.